The number of benzene rings is 1. The molecule has 112 valence electrons. The van der Waals surface area contributed by atoms with Gasteiger partial charge in [0.15, 0.2) is 0 Å². The average molecular weight is 280 g/mol. The quantitative estimate of drug-likeness (QED) is 0.590. The molecule has 0 aliphatic heterocycles. The largest absolute Gasteiger partial charge is 0.465 e. The summed E-state index contributed by atoms with van der Waals surface area (Å²) in [4.78, 5) is 13.8. The molecule has 20 heavy (non-hydrogen) atoms. The number of carbonyl (C=O) groups is 1. The summed E-state index contributed by atoms with van der Waals surface area (Å²) in [6.45, 7) is 4.80. The average Bonchev–Trinajstić information content (AvgIpc) is 2.47. The van der Waals surface area contributed by atoms with Crippen molar-refractivity contribution in [2.45, 2.75) is 32.7 Å². The van der Waals surface area contributed by atoms with Crippen molar-refractivity contribution in [2.24, 2.45) is 0 Å². The molecule has 5 nitrogen and oxygen atoms in total. The highest BCUT2D eigenvalue weighted by molar-refractivity contribution is 5.96. The van der Waals surface area contributed by atoms with Crippen molar-refractivity contribution in [1.82, 2.24) is 0 Å². The van der Waals surface area contributed by atoms with Gasteiger partial charge in [0.25, 0.3) is 0 Å². The molecule has 0 fully saturated rings. The van der Waals surface area contributed by atoms with Gasteiger partial charge in [-0.1, -0.05) is 13.8 Å². The normalized spacial score (nSPS) is 10.7. The van der Waals surface area contributed by atoms with Crippen molar-refractivity contribution >= 4 is 17.3 Å². The van der Waals surface area contributed by atoms with E-state index < -0.39 is 5.97 Å². The number of nitrogen functional groups attached to an aromatic ring is 1. The Morgan fingerprint density at radius 1 is 1.40 bits per heavy atom. The number of hydrogen-bond donors (Lipinski definition) is 2. The van der Waals surface area contributed by atoms with Crippen LogP contribution in [0.4, 0.5) is 11.4 Å². The van der Waals surface area contributed by atoms with E-state index in [1.807, 2.05) is 6.07 Å². The molecule has 0 aromatic heterocycles. The maximum Gasteiger partial charge on any atom is 0.340 e. The van der Waals surface area contributed by atoms with Gasteiger partial charge in [0.05, 0.1) is 19.3 Å². The lowest BCUT2D eigenvalue weighted by atomic mass is 10.1. The summed E-state index contributed by atoms with van der Waals surface area (Å²) >= 11 is 0. The molecule has 0 spiro atoms. The van der Waals surface area contributed by atoms with E-state index in [0.717, 1.165) is 18.5 Å². The second-order valence-electron chi connectivity index (χ2n) is 4.65. The van der Waals surface area contributed by atoms with Crippen LogP contribution in [0.25, 0.3) is 0 Å². The van der Waals surface area contributed by atoms with E-state index in [1.165, 1.54) is 7.11 Å². The van der Waals surface area contributed by atoms with E-state index in [9.17, 15) is 9.90 Å². The maximum absolute atomic E-state index is 11.7. The first-order chi connectivity index (χ1) is 9.58. The standard InChI is InChI=1S/C15H24N2O3/c1-4-11(5-2)17(8-9-18)12-6-7-14(16)13(10-12)15(19)20-3/h6-7,10-11,18H,4-5,8-9,16H2,1-3H3. The molecule has 1 rings (SSSR count). The predicted octanol–water partition coefficient (Wildman–Crippen LogP) is 2.04. The first kappa shape index (κ1) is 16.3. The Bertz CT molecular complexity index is 445. The molecular weight excluding hydrogens is 256 g/mol. The summed E-state index contributed by atoms with van der Waals surface area (Å²) in [5, 5.41) is 9.26. The number of anilines is 2. The fourth-order valence-electron chi connectivity index (χ4n) is 2.37. The van der Waals surface area contributed by atoms with Crippen LogP contribution in [0.15, 0.2) is 18.2 Å². The number of ether oxygens (including phenoxy) is 1. The predicted molar refractivity (Wildman–Crippen MR) is 81.0 cm³/mol. The first-order valence-electron chi connectivity index (χ1n) is 6.94. The molecule has 0 heterocycles. The van der Waals surface area contributed by atoms with Gasteiger partial charge in [-0.05, 0) is 31.0 Å². The SMILES string of the molecule is CCC(CC)N(CCO)c1ccc(N)c(C(=O)OC)c1. The van der Waals surface area contributed by atoms with E-state index in [2.05, 4.69) is 18.7 Å². The number of aliphatic hydroxyl groups is 1. The molecule has 0 atom stereocenters. The van der Waals surface area contributed by atoms with Gasteiger partial charge in [-0.15, -0.1) is 0 Å². The second-order valence-corrected chi connectivity index (χ2v) is 4.65. The fourth-order valence-corrected chi connectivity index (χ4v) is 2.37. The molecule has 1 aromatic rings. The van der Waals surface area contributed by atoms with Crippen molar-refractivity contribution < 1.29 is 14.6 Å². The Labute approximate surface area is 120 Å². The monoisotopic (exact) mass is 280 g/mol. The summed E-state index contributed by atoms with van der Waals surface area (Å²) in [5.74, 6) is -0.446. The number of rotatable bonds is 7. The summed E-state index contributed by atoms with van der Waals surface area (Å²) in [7, 11) is 1.33. The second kappa shape index (κ2) is 7.75. The Kier molecular flexibility index (Phi) is 6.31. The summed E-state index contributed by atoms with van der Waals surface area (Å²) in [6.07, 6.45) is 1.93. The van der Waals surface area contributed by atoms with Crippen molar-refractivity contribution in [3.8, 4) is 0 Å². The lowest BCUT2D eigenvalue weighted by Gasteiger charge is -2.32. The number of nitrogens with two attached hydrogens (primary N) is 1. The molecular formula is C15H24N2O3. The molecule has 0 aliphatic carbocycles. The number of hydrogen-bond acceptors (Lipinski definition) is 5. The highest BCUT2D eigenvalue weighted by Gasteiger charge is 2.18. The van der Waals surface area contributed by atoms with E-state index in [0.29, 0.717) is 23.8 Å². The Hall–Kier alpha value is -1.75. The minimum atomic E-state index is -0.446. The van der Waals surface area contributed by atoms with E-state index >= 15 is 0 Å². The van der Waals surface area contributed by atoms with Crippen LogP contribution in [-0.4, -0.2) is 37.4 Å². The van der Waals surface area contributed by atoms with Crippen molar-refractivity contribution in [2.75, 3.05) is 30.9 Å². The number of methoxy groups -OCH3 is 1. The van der Waals surface area contributed by atoms with Crippen LogP contribution in [0.5, 0.6) is 0 Å². The third-order valence-corrected chi connectivity index (χ3v) is 3.50. The van der Waals surface area contributed by atoms with Gasteiger partial charge in [0.2, 0.25) is 0 Å². The third-order valence-electron chi connectivity index (χ3n) is 3.50. The van der Waals surface area contributed by atoms with Crippen LogP contribution >= 0.6 is 0 Å². The molecule has 0 bridgehead atoms. The highest BCUT2D eigenvalue weighted by Crippen LogP contribution is 2.25. The smallest absolute Gasteiger partial charge is 0.340 e. The van der Waals surface area contributed by atoms with Crippen LogP contribution in [-0.2, 0) is 4.74 Å². The number of esters is 1. The van der Waals surface area contributed by atoms with Gasteiger partial charge in [0, 0.05) is 24.0 Å². The zero-order chi connectivity index (χ0) is 15.1. The summed E-state index contributed by atoms with van der Waals surface area (Å²) in [5.41, 5.74) is 7.45. The van der Waals surface area contributed by atoms with Gasteiger partial charge in [-0.3, -0.25) is 0 Å². The van der Waals surface area contributed by atoms with Crippen LogP contribution in [0.1, 0.15) is 37.0 Å². The Morgan fingerprint density at radius 3 is 2.55 bits per heavy atom. The minimum absolute atomic E-state index is 0.0639. The van der Waals surface area contributed by atoms with Gasteiger partial charge in [-0.25, -0.2) is 4.79 Å². The first-order valence-corrected chi connectivity index (χ1v) is 6.94. The lowest BCUT2D eigenvalue weighted by molar-refractivity contribution is 0.0602. The van der Waals surface area contributed by atoms with Crippen LogP contribution in [0, 0.1) is 0 Å². The van der Waals surface area contributed by atoms with Gasteiger partial charge in [-0.2, -0.15) is 0 Å². The molecule has 5 heteroatoms. The maximum atomic E-state index is 11.7. The number of nitrogens with zero attached hydrogens (tertiary/aromatic N) is 1. The molecule has 1 aromatic carbocycles. The fraction of sp³-hybridized carbons (Fsp3) is 0.533. The topological polar surface area (TPSA) is 75.8 Å². The highest BCUT2D eigenvalue weighted by atomic mass is 16.5. The van der Waals surface area contributed by atoms with E-state index in [1.54, 1.807) is 12.1 Å². The van der Waals surface area contributed by atoms with Gasteiger partial charge in [0.1, 0.15) is 0 Å². The lowest BCUT2D eigenvalue weighted by Crippen LogP contribution is -2.36. The molecule has 0 amide bonds. The molecule has 0 saturated carbocycles. The number of aliphatic hydroxyl groups excluding tert-OH is 1. The summed E-state index contributed by atoms with van der Waals surface area (Å²) < 4.78 is 4.74. The van der Waals surface area contributed by atoms with E-state index in [-0.39, 0.29) is 6.61 Å². The van der Waals surface area contributed by atoms with Gasteiger partial charge < -0.3 is 20.5 Å². The molecule has 3 N–H and O–H groups in total. The molecule has 0 radical (unpaired) electrons. The van der Waals surface area contributed by atoms with Crippen LogP contribution in [0.3, 0.4) is 0 Å². The van der Waals surface area contributed by atoms with E-state index in [4.69, 9.17) is 10.5 Å². The zero-order valence-corrected chi connectivity index (χ0v) is 12.4. The van der Waals surface area contributed by atoms with Crippen LogP contribution in [0.2, 0.25) is 0 Å². The van der Waals surface area contributed by atoms with Crippen molar-refractivity contribution in [3.63, 3.8) is 0 Å². The van der Waals surface area contributed by atoms with Crippen molar-refractivity contribution in [1.29, 1.82) is 0 Å². The summed E-state index contributed by atoms with van der Waals surface area (Å²) in [6, 6.07) is 5.62. The van der Waals surface area contributed by atoms with Crippen LogP contribution < -0.4 is 10.6 Å². The Balaban J connectivity index is 3.17. The van der Waals surface area contributed by atoms with Crippen molar-refractivity contribution in [3.05, 3.63) is 23.8 Å². The molecule has 0 saturated heterocycles. The Morgan fingerprint density at radius 2 is 2.05 bits per heavy atom. The molecule has 0 unspecified atom stereocenters. The number of carbonyl (C=O) groups excluding carboxylic acids is 1. The molecule has 0 aliphatic rings. The third kappa shape index (κ3) is 3.63. The zero-order valence-electron chi connectivity index (χ0n) is 12.4. The van der Waals surface area contributed by atoms with Gasteiger partial charge >= 0.3 is 5.97 Å². The minimum Gasteiger partial charge on any atom is -0.465 e.